The highest BCUT2D eigenvalue weighted by atomic mass is 16.3. The van der Waals surface area contributed by atoms with Gasteiger partial charge in [0.15, 0.2) is 17.5 Å². The van der Waals surface area contributed by atoms with Gasteiger partial charge in [-0.3, -0.25) is 0 Å². The summed E-state index contributed by atoms with van der Waals surface area (Å²) in [7, 11) is 0. The lowest BCUT2D eigenvalue weighted by Gasteiger charge is -2.11. The van der Waals surface area contributed by atoms with E-state index in [0.717, 1.165) is 99.0 Å². The molecule has 6 nitrogen and oxygen atoms in total. The Morgan fingerprint density at radius 3 is 1.33 bits per heavy atom. The van der Waals surface area contributed by atoms with E-state index in [4.69, 9.17) is 28.2 Å². The molecule has 8 aromatic carbocycles. The van der Waals surface area contributed by atoms with Crippen LogP contribution < -0.4 is 0 Å². The summed E-state index contributed by atoms with van der Waals surface area (Å²) in [4.78, 5) is 15.6. The fourth-order valence-corrected chi connectivity index (χ4v) is 8.22. The molecular formula is C49H27N3O3. The molecule has 4 heterocycles. The zero-order chi connectivity index (χ0) is 36.0. The molecule has 0 aliphatic carbocycles. The maximum atomic E-state index is 6.39. The van der Waals surface area contributed by atoms with Gasteiger partial charge in [0.05, 0.1) is 0 Å². The Morgan fingerprint density at radius 2 is 0.727 bits per heavy atom. The van der Waals surface area contributed by atoms with Crippen LogP contribution in [0, 0.1) is 0 Å². The molecule has 0 atom stereocenters. The van der Waals surface area contributed by atoms with E-state index in [1.165, 1.54) is 5.39 Å². The average Bonchev–Trinajstić information content (AvgIpc) is 3.93. The SMILES string of the molecule is c1ccc2cc3c(cc2c1)oc1cccc(-c2ccc(-c4nc(-c5cccc6oc7ccccc7c56)nc(-c5cccc6oc7ccccc7c56)n4)cc2)c13. The molecule has 0 radical (unpaired) electrons. The van der Waals surface area contributed by atoms with Gasteiger partial charge in [-0.2, -0.15) is 0 Å². The van der Waals surface area contributed by atoms with Crippen molar-refractivity contribution in [3.8, 4) is 45.3 Å². The molecule has 0 spiro atoms. The van der Waals surface area contributed by atoms with E-state index in [-0.39, 0.29) is 0 Å². The second-order valence-corrected chi connectivity index (χ2v) is 13.9. The third kappa shape index (κ3) is 4.58. The Labute approximate surface area is 312 Å². The molecule has 0 saturated heterocycles. The fraction of sp³-hybridized carbons (Fsp3) is 0. The highest BCUT2D eigenvalue weighted by molar-refractivity contribution is 6.16. The zero-order valence-electron chi connectivity index (χ0n) is 29.2. The average molecular weight is 706 g/mol. The fourth-order valence-electron chi connectivity index (χ4n) is 8.22. The largest absolute Gasteiger partial charge is 0.456 e. The van der Waals surface area contributed by atoms with Gasteiger partial charge in [-0.05, 0) is 64.4 Å². The monoisotopic (exact) mass is 705 g/mol. The molecule has 12 rings (SSSR count). The molecule has 256 valence electrons. The molecule has 0 amide bonds. The number of nitrogens with zero attached hydrogens (tertiary/aromatic N) is 3. The van der Waals surface area contributed by atoms with Crippen molar-refractivity contribution in [2.75, 3.05) is 0 Å². The second kappa shape index (κ2) is 11.5. The molecule has 0 unspecified atom stereocenters. The van der Waals surface area contributed by atoms with Crippen LogP contribution in [0.2, 0.25) is 0 Å². The van der Waals surface area contributed by atoms with Crippen molar-refractivity contribution < 1.29 is 13.3 Å². The van der Waals surface area contributed by atoms with Gasteiger partial charge in [-0.1, -0.05) is 121 Å². The van der Waals surface area contributed by atoms with E-state index in [1.54, 1.807) is 0 Å². The van der Waals surface area contributed by atoms with Crippen molar-refractivity contribution in [2.24, 2.45) is 0 Å². The third-order valence-electron chi connectivity index (χ3n) is 10.7. The van der Waals surface area contributed by atoms with Crippen LogP contribution in [0.15, 0.2) is 177 Å². The summed E-state index contributed by atoms with van der Waals surface area (Å²) < 4.78 is 18.9. The minimum absolute atomic E-state index is 0.563. The van der Waals surface area contributed by atoms with E-state index in [9.17, 15) is 0 Å². The van der Waals surface area contributed by atoms with E-state index in [0.29, 0.717) is 17.5 Å². The van der Waals surface area contributed by atoms with Crippen LogP contribution in [-0.4, -0.2) is 15.0 Å². The Morgan fingerprint density at radius 1 is 0.291 bits per heavy atom. The highest BCUT2D eigenvalue weighted by Gasteiger charge is 2.21. The Balaban J connectivity index is 1.06. The number of hydrogen-bond acceptors (Lipinski definition) is 6. The number of fused-ring (bicyclic) bond motifs is 10. The second-order valence-electron chi connectivity index (χ2n) is 13.9. The van der Waals surface area contributed by atoms with Crippen LogP contribution in [-0.2, 0) is 0 Å². The van der Waals surface area contributed by atoms with Gasteiger partial charge < -0.3 is 13.3 Å². The van der Waals surface area contributed by atoms with Gasteiger partial charge in [-0.25, -0.2) is 15.0 Å². The molecule has 0 fully saturated rings. The molecular weight excluding hydrogens is 679 g/mol. The molecule has 12 aromatic rings. The molecule has 0 saturated carbocycles. The van der Waals surface area contributed by atoms with Crippen LogP contribution in [0.3, 0.4) is 0 Å². The summed E-state index contributed by atoms with van der Waals surface area (Å²) in [5, 5.41) is 8.50. The lowest BCUT2D eigenvalue weighted by molar-refractivity contribution is 0.668. The van der Waals surface area contributed by atoms with E-state index in [2.05, 4.69) is 97.1 Å². The molecule has 0 aliphatic heterocycles. The highest BCUT2D eigenvalue weighted by Crippen LogP contribution is 2.41. The van der Waals surface area contributed by atoms with Crippen LogP contribution >= 0.6 is 0 Å². The van der Waals surface area contributed by atoms with E-state index in [1.807, 2.05) is 66.7 Å². The minimum Gasteiger partial charge on any atom is -0.456 e. The number of rotatable bonds is 4. The summed E-state index contributed by atoms with van der Waals surface area (Å²) in [5.41, 5.74) is 9.74. The maximum Gasteiger partial charge on any atom is 0.164 e. The number of para-hydroxylation sites is 2. The molecule has 6 heteroatoms. The van der Waals surface area contributed by atoms with Crippen molar-refractivity contribution >= 4 is 76.6 Å². The molecule has 0 N–H and O–H groups in total. The summed E-state index contributed by atoms with van der Waals surface area (Å²) in [5.74, 6) is 1.69. The van der Waals surface area contributed by atoms with Gasteiger partial charge in [0.2, 0.25) is 0 Å². The number of furan rings is 3. The van der Waals surface area contributed by atoms with E-state index >= 15 is 0 Å². The van der Waals surface area contributed by atoms with Gasteiger partial charge in [0, 0.05) is 49.0 Å². The minimum atomic E-state index is 0.563. The van der Waals surface area contributed by atoms with Crippen molar-refractivity contribution in [3.63, 3.8) is 0 Å². The maximum absolute atomic E-state index is 6.39. The topological polar surface area (TPSA) is 78.1 Å². The molecule has 55 heavy (non-hydrogen) atoms. The first-order chi connectivity index (χ1) is 27.2. The standard InChI is InChI=1S/C49H27N3O3/c1-2-11-31-27-43-37(26-30(31)10-1)44-32(14-7-19-40(44)55-43)28-22-24-29(25-23-28)47-50-48(35-15-8-20-41-45(35)33-12-3-5-17-38(33)53-41)52-49(51-47)36-16-9-21-42-46(36)34-13-4-6-18-39(34)54-42/h1-27H. The molecule has 4 aromatic heterocycles. The third-order valence-corrected chi connectivity index (χ3v) is 10.7. The summed E-state index contributed by atoms with van der Waals surface area (Å²) in [6.07, 6.45) is 0. The van der Waals surface area contributed by atoms with Crippen molar-refractivity contribution in [3.05, 3.63) is 164 Å². The van der Waals surface area contributed by atoms with Crippen molar-refractivity contribution in [1.29, 1.82) is 0 Å². The summed E-state index contributed by atoms with van der Waals surface area (Å²) in [6.45, 7) is 0. The first-order valence-corrected chi connectivity index (χ1v) is 18.3. The smallest absolute Gasteiger partial charge is 0.164 e. The lowest BCUT2D eigenvalue weighted by Crippen LogP contribution is -2.00. The summed E-state index contributed by atoms with van der Waals surface area (Å²) in [6, 6.07) is 55.7. The summed E-state index contributed by atoms with van der Waals surface area (Å²) >= 11 is 0. The molecule has 0 aliphatic rings. The van der Waals surface area contributed by atoms with E-state index < -0.39 is 0 Å². The normalized spacial score (nSPS) is 12.0. The zero-order valence-corrected chi connectivity index (χ0v) is 29.2. The predicted octanol–water partition coefficient (Wildman–Crippen LogP) is 13.4. The van der Waals surface area contributed by atoms with Gasteiger partial charge >= 0.3 is 0 Å². The number of benzene rings is 8. The van der Waals surface area contributed by atoms with Crippen molar-refractivity contribution in [1.82, 2.24) is 15.0 Å². The van der Waals surface area contributed by atoms with Crippen LogP contribution in [0.25, 0.3) is 122 Å². The van der Waals surface area contributed by atoms with Gasteiger partial charge in [0.1, 0.15) is 33.5 Å². The first-order valence-electron chi connectivity index (χ1n) is 18.3. The van der Waals surface area contributed by atoms with Crippen LogP contribution in [0.1, 0.15) is 0 Å². The van der Waals surface area contributed by atoms with Gasteiger partial charge in [0.25, 0.3) is 0 Å². The quantitative estimate of drug-likeness (QED) is 0.181. The Bertz CT molecular complexity index is 3370. The van der Waals surface area contributed by atoms with Crippen LogP contribution in [0.4, 0.5) is 0 Å². The first kappa shape index (κ1) is 29.9. The molecule has 0 bridgehead atoms. The Hall–Kier alpha value is -7.57. The van der Waals surface area contributed by atoms with Crippen molar-refractivity contribution in [2.45, 2.75) is 0 Å². The number of hydrogen-bond donors (Lipinski definition) is 0. The number of aromatic nitrogens is 3. The lowest BCUT2D eigenvalue weighted by atomic mass is 9.97. The Kier molecular flexibility index (Phi) is 6.24. The predicted molar refractivity (Wildman–Crippen MR) is 221 cm³/mol. The van der Waals surface area contributed by atoms with Gasteiger partial charge in [-0.15, -0.1) is 0 Å². The van der Waals surface area contributed by atoms with Crippen LogP contribution in [0.5, 0.6) is 0 Å².